The van der Waals surface area contributed by atoms with Crippen molar-refractivity contribution >= 4 is 0 Å². The average molecular weight is 798 g/mol. The molecule has 0 rings (SSSR count). The van der Waals surface area contributed by atoms with Gasteiger partial charge in [0.1, 0.15) is 0 Å². The summed E-state index contributed by atoms with van der Waals surface area (Å²) in [6, 6.07) is 0. The minimum Gasteiger partial charge on any atom is -1.00 e. The Morgan fingerprint density at radius 2 is 0.222 bits per heavy atom. The van der Waals surface area contributed by atoms with Crippen LogP contribution in [0, 0.1) is 0 Å². The van der Waals surface area contributed by atoms with E-state index in [0.717, 1.165) is 0 Å². The molecule has 0 amide bonds. The van der Waals surface area contributed by atoms with Gasteiger partial charge in [0, 0.05) is 0 Å². The van der Waals surface area contributed by atoms with Crippen LogP contribution in [0.2, 0.25) is 0 Å². The van der Waals surface area contributed by atoms with Gasteiger partial charge in [-0.1, -0.05) is 0 Å². The van der Waals surface area contributed by atoms with Crippen LogP contribution in [0.5, 0.6) is 0 Å². The van der Waals surface area contributed by atoms with Crippen molar-refractivity contribution in [1.82, 2.24) is 0 Å². The van der Waals surface area contributed by atoms with Crippen molar-refractivity contribution in [1.29, 1.82) is 0 Å². The summed E-state index contributed by atoms with van der Waals surface area (Å²) >= 11 is 0. The first-order valence-corrected chi connectivity index (χ1v) is 0. The molecule has 0 aliphatic heterocycles. The van der Waals surface area contributed by atoms with Gasteiger partial charge in [-0.25, -0.2) is 0 Å². The zero-order chi connectivity index (χ0) is 0. The predicted octanol–water partition coefficient (Wildman–Crippen LogP) is -18.0. The molecule has 72 valence electrons. The molecule has 9 heavy (non-hydrogen) atoms. The van der Waals surface area contributed by atoms with Gasteiger partial charge in [-0.15, -0.1) is 0 Å². The first-order valence-electron chi connectivity index (χ1n) is 0. The molecule has 0 fully saturated rings. The fraction of sp³-hybridized carbons (Fsp3) is 0. The van der Waals surface area contributed by atoms with E-state index < -0.39 is 0 Å². The summed E-state index contributed by atoms with van der Waals surface area (Å²) in [6.07, 6.45) is 0. The van der Waals surface area contributed by atoms with Crippen molar-refractivity contribution in [3.05, 3.63) is 0 Å². The van der Waals surface area contributed by atoms with E-state index in [0.29, 0.717) is 0 Å². The van der Waals surface area contributed by atoms with Crippen LogP contribution in [0.1, 0.15) is 0 Å². The molecular weight excluding hydrogens is 798 g/mol. The van der Waals surface area contributed by atoms with E-state index in [-0.39, 0.29) is 138 Å². The van der Waals surface area contributed by atoms with Crippen molar-refractivity contribution in [3.8, 4) is 0 Å². The molecule has 0 atom stereocenters. The number of rotatable bonds is 0. The van der Waals surface area contributed by atoms with Gasteiger partial charge < -0.3 is 74.4 Å². The Bertz CT molecular complexity index is 8.26. The fourth-order valence-corrected chi connectivity index (χ4v) is 0. The van der Waals surface area contributed by atoms with Crippen LogP contribution in [0.3, 0.4) is 0 Å². The average Bonchev–Trinajstić information content (AvgIpc) is 0. The van der Waals surface area contributed by atoms with Crippen LogP contribution in [0.4, 0.5) is 0 Å². The molecule has 0 spiro atoms. The van der Waals surface area contributed by atoms with Crippen LogP contribution in [0.15, 0.2) is 0 Å². The van der Waals surface area contributed by atoms with Gasteiger partial charge in [-0.2, -0.15) is 0 Å². The Morgan fingerprint density at radius 1 is 0.222 bits per heavy atom. The van der Waals surface area contributed by atoms with E-state index in [1.54, 1.807) is 0 Å². The first kappa shape index (κ1) is 123. The van der Waals surface area contributed by atoms with Gasteiger partial charge in [0.15, 0.2) is 0 Å². The largest absolute Gasteiger partial charge is 2.00 e. The second-order valence-electron chi connectivity index (χ2n) is 0. The van der Waals surface area contributed by atoms with Crippen LogP contribution in [-0.4, -0.2) is 0 Å². The smallest absolute Gasteiger partial charge is 1.00 e. The van der Waals surface area contributed by atoms with Crippen molar-refractivity contribution < 1.29 is 138 Å². The second-order valence-corrected chi connectivity index (χ2v) is 0. The van der Waals surface area contributed by atoms with E-state index in [2.05, 4.69) is 0 Å². The van der Waals surface area contributed by atoms with E-state index in [1.807, 2.05) is 0 Å². The maximum atomic E-state index is 0. The molecule has 0 saturated carbocycles. The Labute approximate surface area is 135 Å². The summed E-state index contributed by atoms with van der Waals surface area (Å²) in [5.74, 6) is 0. The number of halogens is 6. The van der Waals surface area contributed by atoms with Crippen LogP contribution in [0.25, 0.3) is 0 Å². The first-order chi connectivity index (χ1) is 0. The Kier molecular flexibility index (Phi) is 1300. The van der Waals surface area contributed by atoms with Crippen molar-refractivity contribution in [2.75, 3.05) is 0 Å². The minimum absolute atomic E-state index is 0. The number of hydrogen-bond acceptors (Lipinski definition) is 0. The summed E-state index contributed by atoms with van der Waals surface area (Å²) in [4.78, 5) is 0. The summed E-state index contributed by atoms with van der Waals surface area (Å²) in [6.45, 7) is 0. The standard InChI is InChI=1S/6ClH.3Pt/h6*1H;;;/q;;;;;;3*+2/p-6. The molecule has 0 saturated heterocycles. The molecule has 0 aromatic heterocycles. The third-order valence-corrected chi connectivity index (χ3v) is 0. The van der Waals surface area contributed by atoms with Crippen LogP contribution >= 0.6 is 0 Å². The molecule has 0 radical (unpaired) electrons. The van der Waals surface area contributed by atoms with Gasteiger partial charge in [0.05, 0.1) is 0 Å². The zero-order valence-electron chi connectivity index (χ0n) is 3.22. The molecule has 0 N–H and O–H groups in total. The normalized spacial score (nSPS) is 0. The Morgan fingerprint density at radius 3 is 0.222 bits per heavy atom. The van der Waals surface area contributed by atoms with Crippen molar-refractivity contribution in [2.45, 2.75) is 0 Å². The Balaban J connectivity index is 0. The van der Waals surface area contributed by atoms with E-state index in [9.17, 15) is 0 Å². The molecule has 0 nitrogen and oxygen atoms in total. The SMILES string of the molecule is [Cl-].[Cl-].[Cl-].[Cl-].[Cl-].[Cl-].[Pt+2].[Pt+2].[Pt+2]. The third-order valence-electron chi connectivity index (χ3n) is 0. The van der Waals surface area contributed by atoms with E-state index >= 15 is 0 Å². The zero-order valence-corrected chi connectivity index (χ0v) is 14.6. The van der Waals surface area contributed by atoms with Gasteiger partial charge in [0.25, 0.3) is 0 Å². The van der Waals surface area contributed by atoms with Gasteiger partial charge in [-0.05, 0) is 0 Å². The topological polar surface area (TPSA) is 0 Å². The molecular formula is Cl6Pt3. The molecule has 0 aliphatic carbocycles. The Hall–Kier alpha value is 3.80. The van der Waals surface area contributed by atoms with Gasteiger partial charge >= 0.3 is 63.2 Å². The summed E-state index contributed by atoms with van der Waals surface area (Å²) in [5.41, 5.74) is 0. The van der Waals surface area contributed by atoms with E-state index in [4.69, 9.17) is 0 Å². The maximum Gasteiger partial charge on any atom is 2.00 e. The monoisotopic (exact) mass is 795 g/mol. The quantitative estimate of drug-likeness (QED) is 0.229. The van der Waals surface area contributed by atoms with Gasteiger partial charge in [-0.3, -0.25) is 0 Å². The summed E-state index contributed by atoms with van der Waals surface area (Å²) < 4.78 is 0. The van der Waals surface area contributed by atoms with Gasteiger partial charge in [0.2, 0.25) is 0 Å². The van der Waals surface area contributed by atoms with Crippen LogP contribution in [-0.2, 0) is 63.2 Å². The maximum absolute atomic E-state index is 0. The molecule has 9 heteroatoms. The molecule has 0 unspecified atom stereocenters. The fourth-order valence-electron chi connectivity index (χ4n) is 0. The molecule has 0 aliphatic rings. The minimum atomic E-state index is 0. The van der Waals surface area contributed by atoms with Crippen molar-refractivity contribution in [3.63, 3.8) is 0 Å². The molecule has 0 bridgehead atoms. The molecule has 0 heterocycles. The second kappa shape index (κ2) is 95.2. The molecule has 0 aromatic rings. The summed E-state index contributed by atoms with van der Waals surface area (Å²) in [7, 11) is 0. The summed E-state index contributed by atoms with van der Waals surface area (Å²) in [5, 5.41) is 0. The third kappa shape index (κ3) is 78.4. The number of hydrogen-bond donors (Lipinski definition) is 0. The van der Waals surface area contributed by atoms with Crippen molar-refractivity contribution in [2.24, 2.45) is 0 Å². The predicted molar refractivity (Wildman–Crippen MR) is 0 cm³/mol. The van der Waals surface area contributed by atoms with Crippen LogP contribution < -0.4 is 74.4 Å². The molecule has 0 aromatic carbocycles. The van der Waals surface area contributed by atoms with E-state index in [1.165, 1.54) is 0 Å².